The van der Waals surface area contributed by atoms with Crippen molar-refractivity contribution in [2.24, 2.45) is 0 Å². The summed E-state index contributed by atoms with van der Waals surface area (Å²) in [7, 11) is 1.42. The number of nitrogen functional groups attached to an aromatic ring is 1. The lowest BCUT2D eigenvalue weighted by molar-refractivity contribution is -0.139. The van der Waals surface area contributed by atoms with E-state index in [9.17, 15) is 4.79 Å². The molecule has 0 bridgehead atoms. The van der Waals surface area contributed by atoms with E-state index in [1.807, 2.05) is 0 Å². The molecule has 1 aromatic heterocycles. The Morgan fingerprint density at radius 1 is 1.38 bits per heavy atom. The predicted molar refractivity (Wildman–Crippen MR) is 65.7 cm³/mol. The van der Waals surface area contributed by atoms with Crippen LogP contribution in [0.2, 0.25) is 0 Å². The fraction of sp³-hybridized carbons (Fsp3) is 0.583. The maximum Gasteiger partial charge on any atom is 0.310 e. The van der Waals surface area contributed by atoms with E-state index in [1.165, 1.54) is 36.8 Å². The third-order valence-electron chi connectivity index (χ3n) is 3.11. The van der Waals surface area contributed by atoms with Crippen LogP contribution < -0.4 is 5.73 Å². The molecule has 1 aliphatic rings. The van der Waals surface area contributed by atoms with Crippen molar-refractivity contribution in [3.8, 4) is 0 Å². The number of ether oxygens (including phenoxy) is 1. The Hall–Kier alpha value is -1.03. The van der Waals surface area contributed by atoms with Gasteiger partial charge in [0.05, 0.1) is 18.5 Å². The molecule has 88 valence electrons. The lowest BCUT2D eigenvalue weighted by Crippen LogP contribution is -2.07. The molecule has 0 fully saturated rings. The predicted octanol–water partition coefficient (Wildman–Crippen LogP) is 2.31. The van der Waals surface area contributed by atoms with Crippen LogP contribution in [-0.2, 0) is 28.8 Å². The lowest BCUT2D eigenvalue weighted by atomic mass is 10.0. The summed E-state index contributed by atoms with van der Waals surface area (Å²) in [6, 6.07) is 0. The van der Waals surface area contributed by atoms with Crippen molar-refractivity contribution in [1.29, 1.82) is 0 Å². The Labute approximate surface area is 99.6 Å². The van der Waals surface area contributed by atoms with E-state index in [1.54, 1.807) is 11.3 Å². The highest BCUT2D eigenvalue weighted by Gasteiger charge is 2.20. The van der Waals surface area contributed by atoms with Crippen molar-refractivity contribution < 1.29 is 9.53 Å². The minimum atomic E-state index is -0.198. The van der Waals surface area contributed by atoms with Crippen molar-refractivity contribution in [2.45, 2.75) is 38.5 Å². The highest BCUT2D eigenvalue weighted by atomic mass is 32.1. The Kier molecular flexibility index (Phi) is 3.49. The van der Waals surface area contributed by atoms with Crippen LogP contribution in [0.3, 0.4) is 0 Å². The number of fused-ring (bicyclic) bond motifs is 1. The summed E-state index contributed by atoms with van der Waals surface area (Å²) in [5, 5.41) is 0.803. The lowest BCUT2D eigenvalue weighted by Gasteiger charge is -2.04. The van der Waals surface area contributed by atoms with Gasteiger partial charge in [-0.2, -0.15) is 0 Å². The quantitative estimate of drug-likeness (QED) is 0.636. The van der Waals surface area contributed by atoms with E-state index in [4.69, 9.17) is 10.5 Å². The van der Waals surface area contributed by atoms with Gasteiger partial charge in [-0.15, -0.1) is 11.3 Å². The van der Waals surface area contributed by atoms with Gasteiger partial charge in [0, 0.05) is 10.4 Å². The summed E-state index contributed by atoms with van der Waals surface area (Å²) in [4.78, 5) is 12.7. The number of aryl methyl sites for hydroxylation is 1. The Bertz CT molecular complexity index is 398. The molecule has 1 heterocycles. The molecule has 2 rings (SSSR count). The van der Waals surface area contributed by atoms with E-state index >= 15 is 0 Å². The van der Waals surface area contributed by atoms with Gasteiger partial charge in [0.2, 0.25) is 0 Å². The molecule has 4 heteroatoms. The topological polar surface area (TPSA) is 52.3 Å². The first-order chi connectivity index (χ1) is 7.72. The minimum absolute atomic E-state index is 0.198. The Balaban J connectivity index is 2.29. The molecular weight excluding hydrogens is 222 g/mol. The maximum absolute atomic E-state index is 11.3. The van der Waals surface area contributed by atoms with Gasteiger partial charge in [-0.05, 0) is 31.2 Å². The van der Waals surface area contributed by atoms with Crippen LogP contribution in [0, 0.1) is 0 Å². The standard InChI is InChI=1S/C12H17NO2S/c1-15-11(14)7-9-8-5-3-2-4-6-10(8)16-12(9)13/h2-7,13H2,1H3. The van der Waals surface area contributed by atoms with Crippen LogP contribution in [0.25, 0.3) is 0 Å². The van der Waals surface area contributed by atoms with Crippen molar-refractivity contribution in [1.82, 2.24) is 0 Å². The van der Waals surface area contributed by atoms with Crippen LogP contribution in [0.1, 0.15) is 35.3 Å². The molecule has 1 aliphatic carbocycles. The highest BCUT2D eigenvalue weighted by molar-refractivity contribution is 7.16. The third kappa shape index (κ3) is 2.21. The molecule has 0 radical (unpaired) electrons. The second kappa shape index (κ2) is 4.87. The number of carbonyl (C=O) groups excluding carboxylic acids is 1. The number of carbonyl (C=O) groups is 1. The molecule has 0 amide bonds. The smallest absolute Gasteiger partial charge is 0.310 e. The van der Waals surface area contributed by atoms with Gasteiger partial charge in [-0.25, -0.2) is 0 Å². The fourth-order valence-electron chi connectivity index (χ4n) is 2.24. The van der Waals surface area contributed by atoms with Crippen LogP contribution in [0.4, 0.5) is 5.00 Å². The summed E-state index contributed by atoms with van der Waals surface area (Å²) < 4.78 is 4.71. The van der Waals surface area contributed by atoms with Crippen molar-refractivity contribution in [3.63, 3.8) is 0 Å². The molecule has 0 aromatic carbocycles. The Morgan fingerprint density at radius 3 is 2.88 bits per heavy atom. The van der Waals surface area contributed by atoms with Gasteiger partial charge in [-0.1, -0.05) is 6.42 Å². The number of thiophene rings is 1. The first-order valence-corrected chi connectivity index (χ1v) is 6.49. The SMILES string of the molecule is COC(=O)Cc1c(N)sc2c1CCCCC2. The van der Waals surface area contributed by atoms with Gasteiger partial charge in [0.15, 0.2) is 0 Å². The molecule has 0 saturated heterocycles. The first kappa shape index (κ1) is 11.5. The van der Waals surface area contributed by atoms with E-state index < -0.39 is 0 Å². The summed E-state index contributed by atoms with van der Waals surface area (Å²) in [6.07, 6.45) is 6.23. The average molecular weight is 239 g/mol. The highest BCUT2D eigenvalue weighted by Crippen LogP contribution is 2.35. The molecule has 0 aliphatic heterocycles. The maximum atomic E-state index is 11.3. The average Bonchev–Trinajstić information content (AvgIpc) is 2.46. The zero-order chi connectivity index (χ0) is 11.5. The van der Waals surface area contributed by atoms with E-state index in [2.05, 4.69) is 0 Å². The largest absolute Gasteiger partial charge is 0.469 e. The van der Waals surface area contributed by atoms with Crippen LogP contribution in [0.5, 0.6) is 0 Å². The molecule has 0 spiro atoms. The number of hydrogen-bond donors (Lipinski definition) is 1. The molecule has 0 atom stereocenters. The summed E-state index contributed by atoms with van der Waals surface area (Å²) in [5.41, 5.74) is 8.33. The van der Waals surface area contributed by atoms with Gasteiger partial charge >= 0.3 is 5.97 Å². The molecule has 0 saturated carbocycles. The van der Waals surface area contributed by atoms with E-state index in [-0.39, 0.29) is 5.97 Å². The first-order valence-electron chi connectivity index (χ1n) is 5.68. The molecular formula is C12H17NO2S. The van der Waals surface area contributed by atoms with Crippen LogP contribution >= 0.6 is 11.3 Å². The van der Waals surface area contributed by atoms with Crippen molar-refractivity contribution in [3.05, 3.63) is 16.0 Å². The zero-order valence-corrected chi connectivity index (χ0v) is 10.4. The summed E-state index contributed by atoms with van der Waals surface area (Å²) in [6.45, 7) is 0. The van der Waals surface area contributed by atoms with E-state index in [0.717, 1.165) is 23.4 Å². The number of anilines is 1. The van der Waals surface area contributed by atoms with Crippen molar-refractivity contribution in [2.75, 3.05) is 12.8 Å². The number of esters is 1. The van der Waals surface area contributed by atoms with E-state index in [0.29, 0.717) is 6.42 Å². The summed E-state index contributed by atoms with van der Waals surface area (Å²) in [5.74, 6) is -0.198. The minimum Gasteiger partial charge on any atom is -0.469 e. The second-order valence-electron chi connectivity index (χ2n) is 4.16. The number of nitrogens with two attached hydrogens (primary N) is 1. The monoisotopic (exact) mass is 239 g/mol. The van der Waals surface area contributed by atoms with Gasteiger partial charge in [0.25, 0.3) is 0 Å². The van der Waals surface area contributed by atoms with Gasteiger partial charge in [0.1, 0.15) is 0 Å². The number of rotatable bonds is 2. The number of hydrogen-bond acceptors (Lipinski definition) is 4. The molecule has 0 unspecified atom stereocenters. The Morgan fingerprint density at radius 2 is 2.12 bits per heavy atom. The van der Waals surface area contributed by atoms with Gasteiger partial charge in [-0.3, -0.25) is 4.79 Å². The second-order valence-corrected chi connectivity index (χ2v) is 5.30. The number of methoxy groups -OCH3 is 1. The molecule has 3 nitrogen and oxygen atoms in total. The molecule has 1 aromatic rings. The third-order valence-corrected chi connectivity index (χ3v) is 4.27. The van der Waals surface area contributed by atoms with Crippen LogP contribution in [-0.4, -0.2) is 13.1 Å². The van der Waals surface area contributed by atoms with Crippen LogP contribution in [0.15, 0.2) is 0 Å². The summed E-state index contributed by atoms with van der Waals surface area (Å²) >= 11 is 1.65. The normalized spacial score (nSPS) is 15.3. The van der Waals surface area contributed by atoms with Crippen molar-refractivity contribution >= 4 is 22.3 Å². The molecule has 2 N–H and O–H groups in total. The zero-order valence-electron chi connectivity index (χ0n) is 9.54. The fourth-order valence-corrected chi connectivity index (χ4v) is 3.42. The molecule has 16 heavy (non-hydrogen) atoms. The van der Waals surface area contributed by atoms with Gasteiger partial charge < -0.3 is 10.5 Å².